The molecule has 1 fully saturated rings. The van der Waals surface area contributed by atoms with E-state index in [4.69, 9.17) is 37.5 Å². The van der Waals surface area contributed by atoms with Crippen molar-refractivity contribution in [2.45, 2.75) is 37.2 Å². The first kappa shape index (κ1) is 23.1. The number of anilines is 1. The second-order valence-corrected chi connectivity index (χ2v) is 10.1. The number of oxazole rings is 1. The predicted octanol–water partition coefficient (Wildman–Crippen LogP) is 4.26. The van der Waals surface area contributed by atoms with Crippen molar-refractivity contribution >= 4 is 50.3 Å². The number of sulfonamides is 1. The third kappa shape index (κ3) is 5.29. The van der Waals surface area contributed by atoms with E-state index in [1.807, 2.05) is 25.1 Å². The van der Waals surface area contributed by atoms with Crippen LogP contribution < -0.4 is 15.2 Å². The molecule has 1 aromatic heterocycles. The zero-order valence-electron chi connectivity index (χ0n) is 17.5. The SMILES string of the molecule is CCOc1cc(CN2CCC(Nc3nc4cc(Cl)c(S(N)(=O)=O)cc4o3)CC2)ccc1Cl. The molecule has 3 aromatic rings. The van der Waals surface area contributed by atoms with Gasteiger partial charge in [-0.15, -0.1) is 0 Å². The first-order valence-corrected chi connectivity index (χ1v) is 12.6. The van der Waals surface area contributed by atoms with Crippen LogP contribution in [0.1, 0.15) is 25.3 Å². The highest BCUT2D eigenvalue weighted by Gasteiger charge is 2.22. The maximum Gasteiger partial charge on any atom is 0.295 e. The molecule has 0 aliphatic carbocycles. The average Bonchev–Trinajstić information content (AvgIpc) is 3.12. The lowest BCUT2D eigenvalue weighted by Gasteiger charge is -2.32. The van der Waals surface area contributed by atoms with Gasteiger partial charge in [0.1, 0.15) is 16.2 Å². The molecule has 1 aliphatic heterocycles. The van der Waals surface area contributed by atoms with E-state index in [-0.39, 0.29) is 16.0 Å². The number of nitrogens with zero attached hydrogens (tertiary/aromatic N) is 2. The summed E-state index contributed by atoms with van der Waals surface area (Å²) in [5, 5.41) is 9.13. The number of hydrogen-bond acceptors (Lipinski definition) is 7. The van der Waals surface area contributed by atoms with Gasteiger partial charge < -0.3 is 14.5 Å². The van der Waals surface area contributed by atoms with Crippen LogP contribution in [0.4, 0.5) is 6.01 Å². The third-order valence-electron chi connectivity index (χ3n) is 5.37. The number of primary sulfonamides is 1. The Bertz CT molecular complexity index is 1220. The van der Waals surface area contributed by atoms with Crippen LogP contribution in [-0.4, -0.2) is 44.0 Å². The molecule has 0 bridgehead atoms. The van der Waals surface area contributed by atoms with Crippen molar-refractivity contribution in [1.82, 2.24) is 9.88 Å². The highest BCUT2D eigenvalue weighted by atomic mass is 35.5. The Kier molecular flexibility index (Phi) is 6.83. The third-order valence-corrected chi connectivity index (χ3v) is 7.05. The Labute approximate surface area is 196 Å². The van der Waals surface area contributed by atoms with Crippen LogP contribution in [0.25, 0.3) is 11.1 Å². The van der Waals surface area contributed by atoms with Crippen LogP contribution in [0.5, 0.6) is 5.75 Å². The van der Waals surface area contributed by atoms with E-state index in [1.54, 1.807) is 0 Å². The number of ether oxygens (including phenoxy) is 1. The van der Waals surface area contributed by atoms with Gasteiger partial charge in [-0.1, -0.05) is 29.3 Å². The van der Waals surface area contributed by atoms with Crippen molar-refractivity contribution in [3.8, 4) is 5.75 Å². The van der Waals surface area contributed by atoms with Crippen LogP contribution in [0.3, 0.4) is 0 Å². The summed E-state index contributed by atoms with van der Waals surface area (Å²) in [6, 6.07) is 9.16. The molecule has 3 N–H and O–H groups in total. The van der Waals surface area contributed by atoms with Crippen molar-refractivity contribution in [2.75, 3.05) is 25.0 Å². The summed E-state index contributed by atoms with van der Waals surface area (Å²) in [7, 11) is -3.94. The Hall–Kier alpha value is -2.04. The summed E-state index contributed by atoms with van der Waals surface area (Å²) in [6.07, 6.45) is 1.82. The molecule has 0 amide bonds. The maximum absolute atomic E-state index is 11.6. The van der Waals surface area contributed by atoms with Gasteiger partial charge in [-0.05, 0) is 43.5 Å². The summed E-state index contributed by atoms with van der Waals surface area (Å²) in [4.78, 5) is 6.57. The minimum absolute atomic E-state index is 0.0165. The minimum Gasteiger partial charge on any atom is -0.492 e. The summed E-state index contributed by atoms with van der Waals surface area (Å²) in [5.41, 5.74) is 1.94. The molecule has 0 radical (unpaired) electrons. The molecule has 0 saturated carbocycles. The standard InChI is InChI=1S/C21H24Cl2N4O4S/c1-2-30-18-9-13(3-4-15(18)22)12-27-7-5-14(6-8-27)25-21-26-17-10-16(23)20(32(24,28)29)11-19(17)31-21/h3-4,9-11,14H,2,5-8,12H2,1H3,(H,25,26)(H2,24,28,29). The van der Waals surface area contributed by atoms with Crippen LogP contribution in [0, 0.1) is 0 Å². The molecular weight excluding hydrogens is 475 g/mol. The zero-order valence-corrected chi connectivity index (χ0v) is 19.8. The van der Waals surface area contributed by atoms with Crippen molar-refractivity contribution in [2.24, 2.45) is 5.14 Å². The minimum atomic E-state index is -3.94. The maximum atomic E-state index is 11.6. The number of nitrogens with one attached hydrogen (secondary N) is 1. The molecule has 4 rings (SSSR count). The predicted molar refractivity (Wildman–Crippen MR) is 125 cm³/mol. The molecule has 2 aromatic carbocycles. The first-order valence-electron chi connectivity index (χ1n) is 10.3. The second kappa shape index (κ2) is 9.44. The number of fused-ring (bicyclic) bond motifs is 1. The molecular formula is C21H24Cl2N4O4S. The van der Waals surface area contributed by atoms with Crippen molar-refractivity contribution in [1.29, 1.82) is 0 Å². The molecule has 0 unspecified atom stereocenters. The fourth-order valence-corrected chi connectivity index (χ4v) is 5.04. The quantitative estimate of drug-likeness (QED) is 0.500. The highest BCUT2D eigenvalue weighted by molar-refractivity contribution is 7.89. The van der Waals surface area contributed by atoms with E-state index in [0.29, 0.717) is 34.5 Å². The molecule has 172 valence electrons. The first-order chi connectivity index (χ1) is 15.2. The summed E-state index contributed by atoms with van der Waals surface area (Å²) in [6.45, 7) is 5.15. The van der Waals surface area contributed by atoms with Gasteiger partial charge in [0.25, 0.3) is 6.01 Å². The molecule has 8 nitrogen and oxygen atoms in total. The highest BCUT2D eigenvalue weighted by Crippen LogP contribution is 2.30. The topological polar surface area (TPSA) is 111 Å². The lowest BCUT2D eigenvalue weighted by molar-refractivity contribution is 0.210. The lowest BCUT2D eigenvalue weighted by Crippen LogP contribution is -2.38. The zero-order chi connectivity index (χ0) is 22.9. The van der Waals surface area contributed by atoms with Crippen molar-refractivity contribution in [3.63, 3.8) is 0 Å². The Morgan fingerprint density at radius 3 is 2.66 bits per heavy atom. The largest absolute Gasteiger partial charge is 0.492 e. The summed E-state index contributed by atoms with van der Waals surface area (Å²) >= 11 is 12.2. The summed E-state index contributed by atoms with van der Waals surface area (Å²) in [5.74, 6) is 0.713. The van der Waals surface area contributed by atoms with Gasteiger partial charge in [-0.2, -0.15) is 4.98 Å². The van der Waals surface area contributed by atoms with Crippen LogP contribution in [-0.2, 0) is 16.6 Å². The number of hydrogen-bond donors (Lipinski definition) is 2. The van der Waals surface area contributed by atoms with Crippen molar-refractivity contribution in [3.05, 3.63) is 45.9 Å². The Morgan fingerprint density at radius 2 is 1.97 bits per heavy atom. The molecule has 1 saturated heterocycles. The fraction of sp³-hybridized carbons (Fsp3) is 0.381. The van der Waals surface area contributed by atoms with E-state index < -0.39 is 10.0 Å². The molecule has 32 heavy (non-hydrogen) atoms. The van der Waals surface area contributed by atoms with E-state index in [2.05, 4.69) is 15.2 Å². The molecule has 0 spiro atoms. The normalized spacial score (nSPS) is 15.9. The number of aromatic nitrogens is 1. The number of piperidine rings is 1. The number of nitrogens with two attached hydrogens (primary N) is 1. The van der Waals surface area contributed by atoms with Gasteiger partial charge in [0.15, 0.2) is 5.58 Å². The smallest absolute Gasteiger partial charge is 0.295 e. The second-order valence-electron chi connectivity index (χ2n) is 7.71. The van der Waals surface area contributed by atoms with Gasteiger partial charge in [-0.3, -0.25) is 4.90 Å². The van der Waals surface area contributed by atoms with E-state index in [1.165, 1.54) is 12.1 Å². The van der Waals surface area contributed by atoms with Crippen LogP contribution in [0.15, 0.2) is 39.6 Å². The number of halogens is 2. The van der Waals surface area contributed by atoms with Crippen LogP contribution >= 0.6 is 23.2 Å². The van der Waals surface area contributed by atoms with Crippen molar-refractivity contribution < 1.29 is 17.6 Å². The molecule has 2 heterocycles. The monoisotopic (exact) mass is 498 g/mol. The number of benzene rings is 2. The number of rotatable bonds is 7. The Morgan fingerprint density at radius 1 is 1.22 bits per heavy atom. The van der Waals surface area contributed by atoms with Gasteiger partial charge in [0.2, 0.25) is 10.0 Å². The fourth-order valence-electron chi connectivity index (χ4n) is 3.79. The molecule has 0 atom stereocenters. The Balaban J connectivity index is 1.37. The number of likely N-dealkylation sites (tertiary alicyclic amines) is 1. The van der Waals surface area contributed by atoms with E-state index in [0.717, 1.165) is 38.0 Å². The van der Waals surface area contributed by atoms with E-state index in [9.17, 15) is 8.42 Å². The van der Waals surface area contributed by atoms with Gasteiger partial charge in [0, 0.05) is 31.7 Å². The average molecular weight is 499 g/mol. The molecule has 11 heteroatoms. The lowest BCUT2D eigenvalue weighted by atomic mass is 10.0. The summed E-state index contributed by atoms with van der Waals surface area (Å²) < 4.78 is 34.6. The van der Waals surface area contributed by atoms with Gasteiger partial charge in [-0.25, -0.2) is 13.6 Å². The van der Waals surface area contributed by atoms with Crippen LogP contribution in [0.2, 0.25) is 10.0 Å². The molecule has 1 aliphatic rings. The van der Waals surface area contributed by atoms with Gasteiger partial charge in [0.05, 0.1) is 16.7 Å². The van der Waals surface area contributed by atoms with E-state index >= 15 is 0 Å². The van der Waals surface area contributed by atoms with Gasteiger partial charge >= 0.3 is 0 Å².